The fraction of sp³-hybridized carbons (Fsp3) is 0.731. The highest BCUT2D eigenvalue weighted by Crippen LogP contribution is 2.56. The van der Waals surface area contributed by atoms with E-state index in [2.05, 4.69) is 40.7 Å². The fourth-order valence-electron chi connectivity index (χ4n) is 6.02. The van der Waals surface area contributed by atoms with Crippen LogP contribution in [0.4, 0.5) is 0 Å². The molecular weight excluding hydrogens is 392 g/mol. The van der Waals surface area contributed by atoms with E-state index in [0.717, 1.165) is 38.5 Å². The first-order chi connectivity index (χ1) is 14.7. The zero-order valence-electron chi connectivity index (χ0n) is 19.9. The first kappa shape index (κ1) is 25.4. The van der Waals surface area contributed by atoms with Crippen LogP contribution in [0.5, 0.6) is 0 Å². The second-order valence-corrected chi connectivity index (χ2v) is 9.93. The van der Waals surface area contributed by atoms with Gasteiger partial charge in [-0.1, -0.05) is 51.3 Å². The van der Waals surface area contributed by atoms with Crippen molar-refractivity contribution in [3.63, 3.8) is 0 Å². The Hall–Kier alpha value is -1.91. The Morgan fingerprint density at radius 1 is 1.32 bits per heavy atom. The average molecular weight is 433 g/mol. The number of ether oxygens (including phenoxy) is 1. The Labute approximate surface area is 187 Å². The van der Waals surface area contributed by atoms with Crippen LogP contribution in [-0.4, -0.2) is 29.4 Å². The molecule has 3 aliphatic rings. The third-order valence-corrected chi connectivity index (χ3v) is 7.73. The lowest BCUT2D eigenvalue weighted by Gasteiger charge is -2.47. The summed E-state index contributed by atoms with van der Waals surface area (Å²) in [4.78, 5) is 32.5. The van der Waals surface area contributed by atoms with Gasteiger partial charge in [0.15, 0.2) is 5.78 Å². The van der Waals surface area contributed by atoms with Gasteiger partial charge in [-0.3, -0.25) is 14.4 Å². The molecule has 5 nitrogen and oxygen atoms in total. The molecule has 174 valence electrons. The summed E-state index contributed by atoms with van der Waals surface area (Å²) in [5, 5.41) is 6.89. The molecule has 1 fully saturated rings. The van der Waals surface area contributed by atoms with Gasteiger partial charge in [-0.05, 0) is 62.9 Å². The van der Waals surface area contributed by atoms with E-state index in [4.69, 9.17) is 14.6 Å². The van der Waals surface area contributed by atoms with Gasteiger partial charge in [0.2, 0.25) is 0 Å². The number of allylic oxidation sites excluding steroid dienone is 4. The first-order valence-corrected chi connectivity index (χ1v) is 11.9. The molecule has 0 aliphatic heterocycles. The summed E-state index contributed by atoms with van der Waals surface area (Å²) in [6.07, 6.45) is 11.7. The Morgan fingerprint density at radius 3 is 2.58 bits per heavy atom. The van der Waals surface area contributed by atoms with E-state index in [1.165, 1.54) is 5.57 Å². The quantitative estimate of drug-likeness (QED) is 0.329. The lowest BCUT2D eigenvalue weighted by atomic mass is 9.57. The molecule has 5 unspecified atom stereocenters. The average Bonchev–Trinajstić information content (AvgIpc) is 3.12. The third-order valence-electron chi connectivity index (χ3n) is 7.73. The molecule has 0 saturated heterocycles. The molecule has 0 bridgehead atoms. The van der Waals surface area contributed by atoms with E-state index in [1.54, 1.807) is 5.57 Å². The van der Waals surface area contributed by atoms with Gasteiger partial charge in [0, 0.05) is 24.2 Å². The van der Waals surface area contributed by atoms with Gasteiger partial charge < -0.3 is 9.84 Å². The zero-order chi connectivity index (χ0) is 23.2. The van der Waals surface area contributed by atoms with Crippen LogP contribution in [-0.2, 0) is 19.1 Å². The number of unbranched alkanes of at least 4 members (excludes halogenated alkanes) is 1. The van der Waals surface area contributed by atoms with Crippen LogP contribution < -0.4 is 0 Å². The van der Waals surface area contributed by atoms with Crippen molar-refractivity contribution < 1.29 is 24.2 Å². The lowest BCUT2D eigenvalue weighted by Crippen LogP contribution is -2.40. The number of carboxylic acid groups (broad SMARTS) is 1. The predicted octanol–water partition coefficient (Wildman–Crippen LogP) is 5.73. The summed E-state index contributed by atoms with van der Waals surface area (Å²) in [5.74, 6) is 2.37. The second kappa shape index (κ2) is 11.1. The van der Waals surface area contributed by atoms with Gasteiger partial charge in [-0.25, -0.2) is 0 Å². The molecule has 0 aromatic carbocycles. The number of fused-ring (bicyclic) bond motifs is 1. The molecule has 0 spiro atoms. The number of hydrogen-bond acceptors (Lipinski definition) is 4. The molecule has 0 radical (unpaired) electrons. The minimum Gasteiger partial charge on any atom is -0.483 e. The highest BCUT2D eigenvalue weighted by atomic mass is 16.5. The number of rotatable bonds is 6. The minimum absolute atomic E-state index is 0.00368. The summed E-state index contributed by atoms with van der Waals surface area (Å²) in [6, 6.07) is 0. The molecule has 3 aliphatic carbocycles. The maximum atomic E-state index is 12.2. The largest absolute Gasteiger partial charge is 0.483 e. The monoisotopic (exact) mass is 432 g/mol. The summed E-state index contributed by atoms with van der Waals surface area (Å²) in [6.45, 7) is 11.0. The first-order valence-electron chi connectivity index (χ1n) is 11.9. The molecule has 0 aromatic rings. The molecule has 5 heteroatoms. The molecule has 3 rings (SSSR count). The second-order valence-electron chi connectivity index (χ2n) is 9.93. The molecule has 0 aromatic heterocycles. The number of ketones is 1. The van der Waals surface area contributed by atoms with Crippen molar-refractivity contribution >= 4 is 18.2 Å². The minimum atomic E-state index is -0.250. The summed E-state index contributed by atoms with van der Waals surface area (Å²) < 4.78 is 5.93. The van der Waals surface area contributed by atoms with Crippen molar-refractivity contribution in [3.05, 3.63) is 23.3 Å². The predicted molar refractivity (Wildman–Crippen MR) is 121 cm³/mol. The maximum absolute atomic E-state index is 12.2. The van der Waals surface area contributed by atoms with Gasteiger partial charge in [0.25, 0.3) is 6.47 Å². The van der Waals surface area contributed by atoms with Crippen molar-refractivity contribution in [3.8, 4) is 0 Å². The summed E-state index contributed by atoms with van der Waals surface area (Å²) in [7, 11) is 0. The zero-order valence-corrected chi connectivity index (χ0v) is 19.9. The molecule has 5 atom stereocenters. The summed E-state index contributed by atoms with van der Waals surface area (Å²) in [5.41, 5.74) is 2.77. The van der Waals surface area contributed by atoms with Crippen LogP contribution in [0.1, 0.15) is 86.0 Å². The Kier molecular flexibility index (Phi) is 9.08. The van der Waals surface area contributed by atoms with Crippen molar-refractivity contribution in [2.24, 2.45) is 29.1 Å². The number of esters is 1. The van der Waals surface area contributed by atoms with Crippen LogP contribution in [0.15, 0.2) is 23.3 Å². The third kappa shape index (κ3) is 5.67. The lowest BCUT2D eigenvalue weighted by molar-refractivity contribution is -0.151. The smallest absolute Gasteiger partial charge is 0.306 e. The van der Waals surface area contributed by atoms with Crippen molar-refractivity contribution in [1.29, 1.82) is 0 Å². The molecular formula is C26H40O5. The molecule has 1 N–H and O–H groups in total. The van der Waals surface area contributed by atoms with Crippen molar-refractivity contribution in [1.82, 2.24) is 0 Å². The van der Waals surface area contributed by atoms with Crippen molar-refractivity contribution in [2.75, 3.05) is 0 Å². The van der Waals surface area contributed by atoms with Gasteiger partial charge in [0.05, 0.1) is 0 Å². The van der Waals surface area contributed by atoms with Crippen LogP contribution in [0.25, 0.3) is 0 Å². The molecule has 0 heterocycles. The standard InChI is InChI=1S/C25H38O3.CH2O2/c1-6-7-8-23(27)28-22-12-10-20-19(22)9-11-21(24(20)16(2)3)25(5)14-13-18(26)15-17(25)4;2-1-3/h11,15-16,19-20,22,24H,6-10,12-14H2,1-5H3;1H,(H,2,3). The highest BCUT2D eigenvalue weighted by molar-refractivity contribution is 5.91. The number of hydrogen-bond donors (Lipinski definition) is 1. The van der Waals surface area contributed by atoms with Gasteiger partial charge >= 0.3 is 5.97 Å². The van der Waals surface area contributed by atoms with Gasteiger partial charge in [0.1, 0.15) is 6.10 Å². The van der Waals surface area contributed by atoms with Crippen LogP contribution in [0.2, 0.25) is 0 Å². The Balaban J connectivity index is 0.00000107. The van der Waals surface area contributed by atoms with Gasteiger partial charge in [-0.15, -0.1) is 0 Å². The topological polar surface area (TPSA) is 80.7 Å². The number of carbonyl (C=O) groups excluding carboxylic acids is 2. The van der Waals surface area contributed by atoms with E-state index >= 15 is 0 Å². The van der Waals surface area contributed by atoms with Crippen LogP contribution in [0, 0.1) is 29.1 Å². The Morgan fingerprint density at radius 2 is 2.00 bits per heavy atom. The SMILES string of the molecule is CCCCC(=O)OC1CCC2C1CC=C(C1(C)CCC(=O)C=C1C)C2C(C)C.O=CO. The van der Waals surface area contributed by atoms with Crippen LogP contribution in [0.3, 0.4) is 0 Å². The van der Waals surface area contributed by atoms with Gasteiger partial charge in [-0.2, -0.15) is 0 Å². The van der Waals surface area contributed by atoms with E-state index in [-0.39, 0.29) is 29.7 Å². The molecule has 0 amide bonds. The maximum Gasteiger partial charge on any atom is 0.306 e. The fourth-order valence-corrected chi connectivity index (χ4v) is 6.02. The summed E-state index contributed by atoms with van der Waals surface area (Å²) >= 11 is 0. The molecule has 1 saturated carbocycles. The van der Waals surface area contributed by atoms with E-state index in [1.807, 2.05) is 6.08 Å². The van der Waals surface area contributed by atoms with E-state index < -0.39 is 0 Å². The van der Waals surface area contributed by atoms with E-state index in [9.17, 15) is 9.59 Å². The molecule has 31 heavy (non-hydrogen) atoms. The Bertz CT molecular complexity index is 719. The number of carbonyl (C=O) groups is 3. The van der Waals surface area contributed by atoms with E-state index in [0.29, 0.717) is 36.5 Å². The van der Waals surface area contributed by atoms with Crippen molar-refractivity contribution in [2.45, 2.75) is 92.1 Å². The highest BCUT2D eigenvalue weighted by Gasteiger charge is 2.49. The normalized spacial score (nSPS) is 32.4. The van der Waals surface area contributed by atoms with Crippen LogP contribution >= 0.6 is 0 Å².